The van der Waals surface area contributed by atoms with E-state index in [1.165, 1.54) is 24.8 Å². The molecule has 0 heterocycles. The Morgan fingerprint density at radius 3 is 2.44 bits per heavy atom. The van der Waals surface area contributed by atoms with E-state index in [-0.39, 0.29) is 11.3 Å². The molecule has 2 rings (SSSR count). The van der Waals surface area contributed by atoms with E-state index in [1.54, 1.807) is 0 Å². The van der Waals surface area contributed by atoms with Gasteiger partial charge in [-0.2, -0.15) is 0 Å². The van der Waals surface area contributed by atoms with Crippen molar-refractivity contribution in [1.29, 1.82) is 0 Å². The van der Waals surface area contributed by atoms with E-state index in [1.807, 2.05) is 0 Å². The minimum absolute atomic E-state index is 0.0879. The third-order valence-corrected chi connectivity index (χ3v) is 4.80. The number of carbonyl (C=O) groups is 1. The average molecular weight is 345 g/mol. The molecule has 25 heavy (non-hydrogen) atoms. The minimum Gasteiger partial charge on any atom is -0.357 e. The highest BCUT2D eigenvalue weighted by Gasteiger charge is 2.38. The predicted molar refractivity (Wildman–Crippen MR) is 104 cm³/mol. The van der Waals surface area contributed by atoms with E-state index in [9.17, 15) is 4.79 Å². The van der Waals surface area contributed by atoms with Crippen LogP contribution in [0.25, 0.3) is 0 Å². The summed E-state index contributed by atoms with van der Waals surface area (Å²) >= 11 is 0. The van der Waals surface area contributed by atoms with Crippen LogP contribution in [-0.2, 0) is 10.2 Å². The van der Waals surface area contributed by atoms with Crippen LogP contribution >= 0.6 is 0 Å². The van der Waals surface area contributed by atoms with Crippen LogP contribution in [0.4, 0.5) is 0 Å². The van der Waals surface area contributed by atoms with Crippen molar-refractivity contribution >= 4 is 11.9 Å². The monoisotopic (exact) mass is 344 g/mol. The molecule has 5 nitrogen and oxygen atoms in total. The van der Waals surface area contributed by atoms with Crippen LogP contribution in [0, 0.1) is 0 Å². The van der Waals surface area contributed by atoms with E-state index < -0.39 is 0 Å². The van der Waals surface area contributed by atoms with Gasteiger partial charge in [-0.1, -0.05) is 43.7 Å². The Balaban J connectivity index is 1.89. The first-order valence-corrected chi connectivity index (χ1v) is 9.54. The molecule has 0 unspecified atom stereocenters. The van der Waals surface area contributed by atoms with Gasteiger partial charge >= 0.3 is 0 Å². The zero-order valence-electron chi connectivity index (χ0n) is 15.6. The van der Waals surface area contributed by atoms with Crippen LogP contribution in [0.5, 0.6) is 0 Å². The lowest BCUT2D eigenvalue weighted by Gasteiger charge is -2.41. The summed E-state index contributed by atoms with van der Waals surface area (Å²) in [7, 11) is 0. The average Bonchev–Trinajstić information content (AvgIpc) is 2.60. The molecule has 0 radical (unpaired) electrons. The second-order valence-electron chi connectivity index (χ2n) is 6.72. The molecular formula is C20H32N4O. The van der Waals surface area contributed by atoms with Crippen LogP contribution in [-0.4, -0.2) is 38.0 Å². The molecule has 0 atom stereocenters. The molecule has 3 N–H and O–H groups in total. The lowest BCUT2D eigenvalue weighted by atomic mass is 9.64. The molecule has 0 aromatic heterocycles. The predicted octanol–water partition coefficient (Wildman–Crippen LogP) is 2.58. The summed E-state index contributed by atoms with van der Waals surface area (Å²) in [5.74, 6) is 0.887. The molecule has 1 aromatic rings. The molecule has 0 aliphatic heterocycles. The molecule has 0 saturated heterocycles. The van der Waals surface area contributed by atoms with Crippen molar-refractivity contribution in [3.63, 3.8) is 0 Å². The van der Waals surface area contributed by atoms with Crippen molar-refractivity contribution in [3.05, 3.63) is 35.9 Å². The molecule has 5 heteroatoms. The fourth-order valence-corrected chi connectivity index (χ4v) is 3.15. The van der Waals surface area contributed by atoms with E-state index in [2.05, 4.69) is 60.1 Å². The molecular weight excluding hydrogens is 312 g/mol. The minimum atomic E-state index is 0.0879. The highest BCUT2D eigenvalue weighted by Crippen LogP contribution is 2.43. The number of hydrogen-bond acceptors (Lipinski definition) is 2. The second kappa shape index (κ2) is 10.1. The number of nitrogens with one attached hydrogen (secondary N) is 3. The summed E-state index contributed by atoms with van der Waals surface area (Å²) < 4.78 is 0. The number of nitrogens with zero attached hydrogens (tertiary/aromatic N) is 1. The highest BCUT2D eigenvalue weighted by molar-refractivity contribution is 5.81. The second-order valence-corrected chi connectivity index (χ2v) is 6.72. The molecule has 138 valence electrons. The quantitative estimate of drug-likeness (QED) is 0.476. The van der Waals surface area contributed by atoms with Gasteiger partial charge in [0, 0.05) is 31.5 Å². The fourth-order valence-electron chi connectivity index (χ4n) is 3.15. The van der Waals surface area contributed by atoms with Crippen LogP contribution in [0.2, 0.25) is 0 Å². The summed E-state index contributed by atoms with van der Waals surface area (Å²) in [5, 5.41) is 9.45. The van der Waals surface area contributed by atoms with E-state index in [0.29, 0.717) is 13.0 Å². The Bertz CT molecular complexity index is 552. The topological polar surface area (TPSA) is 65.5 Å². The Kier molecular flexibility index (Phi) is 7.76. The molecule has 1 saturated carbocycles. The maximum absolute atomic E-state index is 11.7. The first kappa shape index (κ1) is 19.3. The molecule has 1 aliphatic rings. The molecule has 0 spiro atoms. The van der Waals surface area contributed by atoms with Crippen molar-refractivity contribution in [2.75, 3.05) is 26.2 Å². The van der Waals surface area contributed by atoms with Gasteiger partial charge in [0.1, 0.15) is 0 Å². The SMILES string of the molecule is CCCNC(=O)CCNC(=NCC1(c2ccccc2)CCC1)NCC. The molecule has 0 bridgehead atoms. The first-order chi connectivity index (χ1) is 12.2. The van der Waals surface area contributed by atoms with Gasteiger partial charge in [0.05, 0.1) is 6.54 Å². The molecule has 1 aliphatic carbocycles. The molecule has 1 aromatic carbocycles. The third-order valence-electron chi connectivity index (χ3n) is 4.80. The lowest BCUT2D eigenvalue weighted by Crippen LogP contribution is -2.42. The standard InChI is InChI=1S/C20H32N4O/c1-3-14-22-18(25)11-15-23-19(21-4-2)24-16-20(12-8-13-20)17-9-6-5-7-10-17/h5-7,9-10H,3-4,8,11-16H2,1-2H3,(H,22,25)(H2,21,23,24). The number of benzene rings is 1. The van der Waals surface area contributed by atoms with Gasteiger partial charge in [-0.05, 0) is 31.7 Å². The largest absolute Gasteiger partial charge is 0.357 e. The van der Waals surface area contributed by atoms with Gasteiger partial charge in [-0.25, -0.2) is 0 Å². The lowest BCUT2D eigenvalue weighted by molar-refractivity contribution is -0.120. The van der Waals surface area contributed by atoms with Crippen molar-refractivity contribution in [2.45, 2.75) is 51.4 Å². The van der Waals surface area contributed by atoms with Gasteiger partial charge in [0.2, 0.25) is 5.91 Å². The van der Waals surface area contributed by atoms with Crippen molar-refractivity contribution in [3.8, 4) is 0 Å². The Labute approximate surface area is 151 Å². The smallest absolute Gasteiger partial charge is 0.221 e. The summed E-state index contributed by atoms with van der Waals surface area (Å²) in [6.07, 6.45) is 5.09. The van der Waals surface area contributed by atoms with E-state index >= 15 is 0 Å². The van der Waals surface area contributed by atoms with Crippen LogP contribution in [0.1, 0.15) is 51.5 Å². The normalized spacial score (nSPS) is 16.0. The Morgan fingerprint density at radius 1 is 1.08 bits per heavy atom. The van der Waals surface area contributed by atoms with Crippen molar-refractivity contribution in [1.82, 2.24) is 16.0 Å². The van der Waals surface area contributed by atoms with Crippen LogP contribution < -0.4 is 16.0 Å². The highest BCUT2D eigenvalue weighted by atomic mass is 16.1. The Morgan fingerprint density at radius 2 is 1.84 bits per heavy atom. The van der Waals surface area contributed by atoms with Gasteiger partial charge in [-0.3, -0.25) is 9.79 Å². The number of rotatable bonds is 9. The number of hydrogen-bond donors (Lipinski definition) is 3. The molecule has 1 amide bonds. The summed E-state index contributed by atoms with van der Waals surface area (Å²) in [5.41, 5.74) is 1.57. The zero-order chi connectivity index (χ0) is 18.0. The first-order valence-electron chi connectivity index (χ1n) is 9.54. The van der Waals surface area contributed by atoms with Gasteiger partial charge < -0.3 is 16.0 Å². The Hall–Kier alpha value is -2.04. The van der Waals surface area contributed by atoms with Gasteiger partial charge in [-0.15, -0.1) is 0 Å². The molecule has 1 fully saturated rings. The zero-order valence-corrected chi connectivity index (χ0v) is 15.6. The maximum atomic E-state index is 11.7. The number of amides is 1. The van der Waals surface area contributed by atoms with Crippen LogP contribution in [0.15, 0.2) is 35.3 Å². The number of guanidine groups is 1. The van der Waals surface area contributed by atoms with E-state index in [4.69, 9.17) is 4.99 Å². The maximum Gasteiger partial charge on any atom is 0.221 e. The summed E-state index contributed by atoms with van der Waals surface area (Å²) in [4.78, 5) is 16.5. The van der Waals surface area contributed by atoms with Gasteiger partial charge in [0.15, 0.2) is 5.96 Å². The number of carbonyl (C=O) groups excluding carboxylic acids is 1. The van der Waals surface area contributed by atoms with Crippen LogP contribution in [0.3, 0.4) is 0 Å². The van der Waals surface area contributed by atoms with E-state index in [0.717, 1.165) is 32.0 Å². The number of aliphatic imine (C=N–C) groups is 1. The van der Waals surface area contributed by atoms with Gasteiger partial charge in [0.25, 0.3) is 0 Å². The summed E-state index contributed by atoms with van der Waals surface area (Å²) in [6, 6.07) is 10.7. The van der Waals surface area contributed by atoms with Crippen molar-refractivity contribution in [2.24, 2.45) is 4.99 Å². The summed E-state index contributed by atoms with van der Waals surface area (Å²) in [6.45, 7) is 7.05. The fraction of sp³-hybridized carbons (Fsp3) is 0.600. The van der Waals surface area contributed by atoms with Crippen molar-refractivity contribution < 1.29 is 4.79 Å². The third kappa shape index (κ3) is 5.76.